The number of ether oxygens (including phenoxy) is 1. The lowest BCUT2D eigenvalue weighted by atomic mass is 9.87. The molecule has 0 N–H and O–H groups in total. The van der Waals surface area contributed by atoms with Gasteiger partial charge in [0.25, 0.3) is 0 Å². The zero-order valence-electron chi connectivity index (χ0n) is 29.1. The number of rotatable bonds is 31. The Kier molecular flexibility index (Phi) is 31.5. The fourth-order valence-corrected chi connectivity index (χ4v) is 5.51. The molecule has 0 saturated heterocycles. The van der Waals surface area contributed by atoms with Gasteiger partial charge in [0.2, 0.25) is 0 Å². The summed E-state index contributed by atoms with van der Waals surface area (Å²) >= 11 is 0. The molecule has 0 fully saturated rings. The summed E-state index contributed by atoms with van der Waals surface area (Å²) in [5.74, 6) is 0.483. The average Bonchev–Trinajstić information content (AvgIpc) is 2.97. The lowest BCUT2D eigenvalue weighted by molar-refractivity contribution is -0.153. The molecule has 2 unspecified atom stereocenters. The van der Waals surface area contributed by atoms with Crippen LogP contribution in [-0.2, 0) is 9.53 Å². The van der Waals surface area contributed by atoms with Crippen molar-refractivity contribution in [1.82, 2.24) is 4.90 Å². The first-order valence-electron chi connectivity index (χ1n) is 18.3. The van der Waals surface area contributed by atoms with Crippen molar-refractivity contribution < 1.29 is 9.53 Å². The van der Waals surface area contributed by atoms with Gasteiger partial charge in [0.05, 0.1) is 0 Å². The summed E-state index contributed by atoms with van der Waals surface area (Å²) in [6.45, 7) is 7.82. The van der Waals surface area contributed by atoms with Crippen LogP contribution < -0.4 is 0 Å². The lowest BCUT2D eigenvalue weighted by Crippen LogP contribution is -2.27. The normalized spacial score (nSPS) is 13.7. The number of nitrogens with zero attached hydrogens (tertiary/aromatic N) is 1. The number of hydrogen-bond donors (Lipinski definition) is 0. The predicted molar refractivity (Wildman–Crippen MR) is 187 cm³/mol. The minimum absolute atomic E-state index is 0.0190. The van der Waals surface area contributed by atoms with Crippen LogP contribution in [0, 0.1) is 5.92 Å². The van der Waals surface area contributed by atoms with Gasteiger partial charge in [-0.25, -0.2) is 0 Å². The molecule has 42 heavy (non-hydrogen) atoms. The van der Waals surface area contributed by atoms with Gasteiger partial charge in [-0.2, -0.15) is 0 Å². The molecule has 0 aliphatic heterocycles. The summed E-state index contributed by atoms with van der Waals surface area (Å²) in [6, 6.07) is 0. The Morgan fingerprint density at radius 3 is 1.36 bits per heavy atom. The summed E-state index contributed by atoms with van der Waals surface area (Å²) in [5.41, 5.74) is 0. The second-order valence-corrected chi connectivity index (χ2v) is 12.7. The second kappa shape index (κ2) is 32.6. The van der Waals surface area contributed by atoms with E-state index in [2.05, 4.69) is 76.2 Å². The van der Waals surface area contributed by atoms with Crippen molar-refractivity contribution in [2.45, 2.75) is 181 Å². The number of carbonyl (C=O) groups excluding carboxylic acids is 1. The quantitative estimate of drug-likeness (QED) is 0.0459. The van der Waals surface area contributed by atoms with Crippen LogP contribution in [0.25, 0.3) is 0 Å². The molecule has 0 heterocycles. The van der Waals surface area contributed by atoms with E-state index < -0.39 is 0 Å². The topological polar surface area (TPSA) is 29.5 Å². The molecule has 0 aliphatic rings. The molecule has 0 bridgehead atoms. The highest BCUT2D eigenvalue weighted by Gasteiger charge is 2.24. The van der Waals surface area contributed by atoms with Gasteiger partial charge < -0.3 is 9.64 Å². The minimum Gasteiger partial charge on any atom is -0.462 e. The van der Waals surface area contributed by atoms with Crippen LogP contribution in [0.15, 0.2) is 36.5 Å². The van der Waals surface area contributed by atoms with Crippen molar-refractivity contribution in [1.29, 1.82) is 0 Å². The molecule has 0 amide bonds. The van der Waals surface area contributed by atoms with E-state index in [1.54, 1.807) is 0 Å². The largest absolute Gasteiger partial charge is 0.462 e. The highest BCUT2D eigenvalue weighted by molar-refractivity contribution is 5.69. The molecule has 246 valence electrons. The summed E-state index contributed by atoms with van der Waals surface area (Å²) in [7, 11) is 4.19. The first kappa shape index (κ1) is 40.6. The first-order chi connectivity index (χ1) is 20.5. The van der Waals surface area contributed by atoms with Crippen molar-refractivity contribution in [3.63, 3.8) is 0 Å². The van der Waals surface area contributed by atoms with Crippen LogP contribution in [0.2, 0.25) is 0 Å². The van der Waals surface area contributed by atoms with Crippen molar-refractivity contribution in [2.75, 3.05) is 20.6 Å². The first-order valence-corrected chi connectivity index (χ1v) is 18.3. The smallest absolute Gasteiger partial charge is 0.306 e. The fraction of sp³-hybridized carbons (Fsp3) is 0.821. The van der Waals surface area contributed by atoms with Gasteiger partial charge in [0.1, 0.15) is 6.10 Å². The third-order valence-electron chi connectivity index (χ3n) is 8.22. The maximum atomic E-state index is 13.0. The van der Waals surface area contributed by atoms with E-state index >= 15 is 0 Å². The summed E-state index contributed by atoms with van der Waals surface area (Å²) in [6.07, 6.45) is 42.4. The number of unbranched alkanes of at least 4 members (excludes halogenated alkanes) is 13. The SMILES string of the molecule is CCCCC/C=C\CCCC(CCC/C=C/CCCCC)C(CCC/C=C/CCCCC)OC(=O)CCCCN(C)C. The van der Waals surface area contributed by atoms with Gasteiger partial charge in [-0.15, -0.1) is 0 Å². The monoisotopic (exact) mass is 588 g/mol. The number of allylic oxidation sites excluding steroid dienone is 6. The fourth-order valence-electron chi connectivity index (χ4n) is 5.51. The zero-order valence-corrected chi connectivity index (χ0v) is 29.1. The molecule has 0 rings (SSSR count). The van der Waals surface area contributed by atoms with Crippen LogP contribution in [0.5, 0.6) is 0 Å². The average molecular weight is 588 g/mol. The molecular formula is C39H73NO2. The predicted octanol–water partition coefficient (Wildman–Crippen LogP) is 12.2. The van der Waals surface area contributed by atoms with E-state index in [0.717, 1.165) is 64.3 Å². The highest BCUT2D eigenvalue weighted by Crippen LogP contribution is 2.27. The maximum absolute atomic E-state index is 13.0. The molecule has 0 spiro atoms. The Balaban J connectivity index is 5.13. The van der Waals surface area contributed by atoms with E-state index in [9.17, 15) is 4.79 Å². The van der Waals surface area contributed by atoms with Gasteiger partial charge >= 0.3 is 5.97 Å². The van der Waals surface area contributed by atoms with Gasteiger partial charge in [-0.1, -0.05) is 95.8 Å². The maximum Gasteiger partial charge on any atom is 0.306 e. The zero-order chi connectivity index (χ0) is 30.9. The molecule has 0 aromatic heterocycles. The molecule has 0 saturated carbocycles. The van der Waals surface area contributed by atoms with Crippen LogP contribution in [0.1, 0.15) is 175 Å². The van der Waals surface area contributed by atoms with E-state index in [1.807, 2.05) is 0 Å². The lowest BCUT2D eigenvalue weighted by Gasteiger charge is -2.27. The molecular weight excluding hydrogens is 514 g/mol. The molecule has 3 heteroatoms. The number of carbonyl (C=O) groups is 1. The molecule has 0 radical (unpaired) electrons. The Hall–Kier alpha value is -1.35. The number of hydrogen-bond acceptors (Lipinski definition) is 3. The summed E-state index contributed by atoms with van der Waals surface area (Å²) in [4.78, 5) is 15.2. The minimum atomic E-state index is 0.0190. The summed E-state index contributed by atoms with van der Waals surface area (Å²) in [5, 5.41) is 0. The third-order valence-corrected chi connectivity index (χ3v) is 8.22. The Morgan fingerprint density at radius 2 is 0.952 bits per heavy atom. The van der Waals surface area contributed by atoms with E-state index in [0.29, 0.717) is 12.3 Å². The second-order valence-electron chi connectivity index (χ2n) is 12.7. The van der Waals surface area contributed by atoms with E-state index in [1.165, 1.54) is 89.9 Å². The van der Waals surface area contributed by atoms with Crippen LogP contribution in [0.4, 0.5) is 0 Å². The van der Waals surface area contributed by atoms with Crippen molar-refractivity contribution in [2.24, 2.45) is 5.92 Å². The van der Waals surface area contributed by atoms with Gasteiger partial charge in [-0.3, -0.25) is 4.79 Å². The molecule has 0 aromatic rings. The van der Waals surface area contributed by atoms with Gasteiger partial charge in [0.15, 0.2) is 0 Å². The van der Waals surface area contributed by atoms with Gasteiger partial charge in [-0.05, 0) is 136 Å². The Bertz CT molecular complexity index is 625. The Labute approximate surface area is 264 Å². The van der Waals surface area contributed by atoms with Crippen LogP contribution >= 0.6 is 0 Å². The Morgan fingerprint density at radius 1 is 0.548 bits per heavy atom. The van der Waals surface area contributed by atoms with Crippen molar-refractivity contribution in [3.8, 4) is 0 Å². The summed E-state index contributed by atoms with van der Waals surface area (Å²) < 4.78 is 6.31. The number of esters is 1. The molecule has 3 nitrogen and oxygen atoms in total. The molecule has 2 atom stereocenters. The molecule has 0 aromatic carbocycles. The standard InChI is InChI=1S/C39H73NO2/c1-6-9-12-15-18-21-24-27-32-37(33-28-25-22-19-16-13-10-7-2)38(34-29-26-23-20-17-14-11-8-3)42-39(41)35-30-31-36-40(4)5/h18-23,37-38H,6-17,24-36H2,1-5H3/b21-18-,22-19+,23-20+. The van der Waals surface area contributed by atoms with E-state index in [-0.39, 0.29) is 12.1 Å². The highest BCUT2D eigenvalue weighted by atomic mass is 16.5. The van der Waals surface area contributed by atoms with Crippen molar-refractivity contribution in [3.05, 3.63) is 36.5 Å². The van der Waals surface area contributed by atoms with Gasteiger partial charge in [0, 0.05) is 6.42 Å². The van der Waals surface area contributed by atoms with Crippen LogP contribution in [-0.4, -0.2) is 37.6 Å². The molecule has 0 aliphatic carbocycles. The third kappa shape index (κ3) is 28.8. The van der Waals surface area contributed by atoms with Crippen molar-refractivity contribution >= 4 is 5.97 Å². The van der Waals surface area contributed by atoms with E-state index in [4.69, 9.17) is 4.74 Å². The van der Waals surface area contributed by atoms with Crippen LogP contribution in [0.3, 0.4) is 0 Å².